The van der Waals surface area contributed by atoms with Crippen LogP contribution in [-0.4, -0.2) is 32.2 Å². The maximum absolute atomic E-state index is 11.4. The summed E-state index contributed by atoms with van der Waals surface area (Å²) in [6, 6.07) is 0.0521. The molecule has 0 fully saturated rings. The molecule has 84 valence electrons. The van der Waals surface area contributed by atoms with E-state index in [-0.39, 0.29) is 11.9 Å². The van der Waals surface area contributed by atoms with Crippen molar-refractivity contribution >= 4 is 5.91 Å². The standard InChI is InChI=1S/C10H22N2O2/c1-8(2)6-10(13)12-9(4-5-11)7-14-3/h8-9H,4-7,11H2,1-3H3,(H,12,13). The molecule has 0 saturated heterocycles. The fourth-order valence-corrected chi connectivity index (χ4v) is 1.26. The summed E-state index contributed by atoms with van der Waals surface area (Å²) in [7, 11) is 1.62. The molecule has 4 heteroatoms. The van der Waals surface area contributed by atoms with E-state index in [9.17, 15) is 4.79 Å². The number of nitrogens with two attached hydrogens (primary N) is 1. The van der Waals surface area contributed by atoms with E-state index in [1.807, 2.05) is 13.8 Å². The SMILES string of the molecule is COCC(CCN)NC(=O)CC(C)C. The Bertz CT molecular complexity index is 154. The number of carbonyl (C=O) groups excluding carboxylic acids is 1. The van der Waals surface area contributed by atoms with Crippen LogP contribution in [0.15, 0.2) is 0 Å². The van der Waals surface area contributed by atoms with Gasteiger partial charge in [-0.1, -0.05) is 13.8 Å². The summed E-state index contributed by atoms with van der Waals surface area (Å²) in [5.74, 6) is 0.464. The normalized spacial score (nSPS) is 12.9. The van der Waals surface area contributed by atoms with Crippen molar-refractivity contribution in [1.82, 2.24) is 5.32 Å². The Labute approximate surface area is 86.2 Å². The number of methoxy groups -OCH3 is 1. The largest absolute Gasteiger partial charge is 0.383 e. The third-order valence-corrected chi connectivity index (χ3v) is 1.84. The van der Waals surface area contributed by atoms with E-state index >= 15 is 0 Å². The van der Waals surface area contributed by atoms with Crippen molar-refractivity contribution < 1.29 is 9.53 Å². The van der Waals surface area contributed by atoms with Crippen LogP contribution in [0.1, 0.15) is 26.7 Å². The van der Waals surface area contributed by atoms with Crippen molar-refractivity contribution in [2.45, 2.75) is 32.7 Å². The fourth-order valence-electron chi connectivity index (χ4n) is 1.26. The monoisotopic (exact) mass is 202 g/mol. The number of amides is 1. The molecule has 0 aliphatic heterocycles. The summed E-state index contributed by atoms with van der Waals surface area (Å²) < 4.78 is 4.99. The van der Waals surface area contributed by atoms with Gasteiger partial charge in [0.1, 0.15) is 0 Å². The van der Waals surface area contributed by atoms with Gasteiger partial charge in [-0.2, -0.15) is 0 Å². The van der Waals surface area contributed by atoms with Crippen LogP contribution in [0.3, 0.4) is 0 Å². The lowest BCUT2D eigenvalue weighted by Gasteiger charge is -2.17. The average Bonchev–Trinajstić information content (AvgIpc) is 2.03. The Morgan fingerprint density at radius 3 is 2.57 bits per heavy atom. The lowest BCUT2D eigenvalue weighted by Crippen LogP contribution is -2.39. The van der Waals surface area contributed by atoms with Gasteiger partial charge < -0.3 is 15.8 Å². The van der Waals surface area contributed by atoms with Crippen molar-refractivity contribution in [3.8, 4) is 0 Å². The number of rotatable bonds is 7. The predicted molar refractivity (Wildman–Crippen MR) is 56.9 cm³/mol. The highest BCUT2D eigenvalue weighted by Crippen LogP contribution is 2.00. The van der Waals surface area contributed by atoms with Gasteiger partial charge in [0.15, 0.2) is 0 Å². The lowest BCUT2D eigenvalue weighted by atomic mass is 10.1. The second-order valence-electron chi connectivity index (χ2n) is 3.90. The molecule has 1 amide bonds. The molecule has 1 atom stereocenters. The summed E-state index contributed by atoms with van der Waals surface area (Å²) in [5.41, 5.74) is 5.43. The Morgan fingerprint density at radius 2 is 2.14 bits per heavy atom. The molecule has 14 heavy (non-hydrogen) atoms. The molecule has 4 nitrogen and oxygen atoms in total. The molecule has 0 aliphatic rings. The highest BCUT2D eigenvalue weighted by molar-refractivity contribution is 5.76. The van der Waals surface area contributed by atoms with Gasteiger partial charge in [-0.15, -0.1) is 0 Å². The van der Waals surface area contributed by atoms with E-state index in [2.05, 4.69) is 5.32 Å². The van der Waals surface area contributed by atoms with Crippen LogP contribution in [0, 0.1) is 5.92 Å². The van der Waals surface area contributed by atoms with Crippen LogP contribution in [-0.2, 0) is 9.53 Å². The molecule has 0 radical (unpaired) electrons. The van der Waals surface area contributed by atoms with Crippen molar-refractivity contribution in [2.75, 3.05) is 20.3 Å². The molecule has 0 aromatic rings. The minimum atomic E-state index is 0.0521. The third-order valence-electron chi connectivity index (χ3n) is 1.84. The zero-order valence-electron chi connectivity index (χ0n) is 9.38. The molecular weight excluding hydrogens is 180 g/mol. The smallest absolute Gasteiger partial charge is 0.220 e. The van der Waals surface area contributed by atoms with Crippen molar-refractivity contribution in [3.63, 3.8) is 0 Å². The van der Waals surface area contributed by atoms with Crippen molar-refractivity contribution in [3.05, 3.63) is 0 Å². The quantitative estimate of drug-likeness (QED) is 0.632. The van der Waals surface area contributed by atoms with E-state index in [4.69, 9.17) is 10.5 Å². The number of hydrogen-bond acceptors (Lipinski definition) is 3. The van der Waals surface area contributed by atoms with Gasteiger partial charge in [0, 0.05) is 13.5 Å². The molecule has 0 heterocycles. The van der Waals surface area contributed by atoms with Crippen LogP contribution in [0.4, 0.5) is 0 Å². The molecule has 0 spiro atoms. The summed E-state index contributed by atoms with van der Waals surface area (Å²) in [6.45, 7) is 5.14. The third kappa shape index (κ3) is 6.86. The topological polar surface area (TPSA) is 64.3 Å². The van der Waals surface area contributed by atoms with Crippen LogP contribution in [0.2, 0.25) is 0 Å². The summed E-state index contributed by atoms with van der Waals surface area (Å²) in [4.78, 5) is 11.4. The van der Waals surface area contributed by atoms with Crippen LogP contribution < -0.4 is 11.1 Å². The van der Waals surface area contributed by atoms with Crippen LogP contribution in [0.25, 0.3) is 0 Å². The molecule has 1 unspecified atom stereocenters. The maximum Gasteiger partial charge on any atom is 0.220 e. The van der Waals surface area contributed by atoms with Gasteiger partial charge in [-0.05, 0) is 18.9 Å². The molecule has 0 bridgehead atoms. The van der Waals surface area contributed by atoms with Gasteiger partial charge in [-0.3, -0.25) is 4.79 Å². The van der Waals surface area contributed by atoms with Crippen molar-refractivity contribution in [1.29, 1.82) is 0 Å². The van der Waals surface area contributed by atoms with Crippen LogP contribution in [0.5, 0.6) is 0 Å². The molecule has 0 aliphatic carbocycles. The Morgan fingerprint density at radius 1 is 1.50 bits per heavy atom. The van der Waals surface area contributed by atoms with E-state index in [1.54, 1.807) is 7.11 Å². The lowest BCUT2D eigenvalue weighted by molar-refractivity contribution is -0.122. The molecule has 0 aromatic carbocycles. The Kier molecular flexibility index (Phi) is 7.42. The van der Waals surface area contributed by atoms with Gasteiger partial charge >= 0.3 is 0 Å². The summed E-state index contributed by atoms with van der Waals surface area (Å²) in [6.07, 6.45) is 1.32. The first-order chi connectivity index (χ1) is 6.60. The molecule has 0 aromatic heterocycles. The number of ether oxygens (including phenoxy) is 1. The highest BCUT2D eigenvalue weighted by atomic mass is 16.5. The van der Waals surface area contributed by atoms with Gasteiger partial charge in [0.25, 0.3) is 0 Å². The van der Waals surface area contributed by atoms with E-state index in [0.29, 0.717) is 25.5 Å². The Hall–Kier alpha value is -0.610. The first-order valence-corrected chi connectivity index (χ1v) is 5.08. The van der Waals surface area contributed by atoms with E-state index in [0.717, 1.165) is 6.42 Å². The van der Waals surface area contributed by atoms with Gasteiger partial charge in [-0.25, -0.2) is 0 Å². The average molecular weight is 202 g/mol. The number of carbonyl (C=O) groups is 1. The summed E-state index contributed by atoms with van der Waals surface area (Å²) in [5, 5.41) is 2.91. The zero-order valence-corrected chi connectivity index (χ0v) is 9.38. The number of hydrogen-bond donors (Lipinski definition) is 2. The summed E-state index contributed by atoms with van der Waals surface area (Å²) >= 11 is 0. The minimum absolute atomic E-state index is 0.0521. The second-order valence-corrected chi connectivity index (χ2v) is 3.90. The molecule has 0 saturated carbocycles. The number of nitrogens with one attached hydrogen (secondary N) is 1. The van der Waals surface area contributed by atoms with E-state index in [1.165, 1.54) is 0 Å². The highest BCUT2D eigenvalue weighted by Gasteiger charge is 2.11. The van der Waals surface area contributed by atoms with Crippen LogP contribution >= 0.6 is 0 Å². The first kappa shape index (κ1) is 13.4. The molecule has 0 rings (SSSR count). The fraction of sp³-hybridized carbons (Fsp3) is 0.900. The molecular formula is C10H22N2O2. The minimum Gasteiger partial charge on any atom is -0.383 e. The van der Waals surface area contributed by atoms with Crippen molar-refractivity contribution in [2.24, 2.45) is 11.7 Å². The first-order valence-electron chi connectivity index (χ1n) is 5.08. The Balaban J connectivity index is 3.82. The predicted octanol–water partition coefficient (Wildman–Crippen LogP) is 0.513. The maximum atomic E-state index is 11.4. The molecule has 3 N–H and O–H groups in total. The van der Waals surface area contributed by atoms with E-state index < -0.39 is 0 Å². The zero-order chi connectivity index (χ0) is 11.0. The second kappa shape index (κ2) is 7.76. The van der Waals surface area contributed by atoms with Gasteiger partial charge in [0.2, 0.25) is 5.91 Å². The van der Waals surface area contributed by atoms with Gasteiger partial charge in [0.05, 0.1) is 12.6 Å².